The Kier molecular flexibility index (Phi) is 3.29. The first-order valence-electron chi connectivity index (χ1n) is 7.97. The van der Waals surface area contributed by atoms with Crippen molar-refractivity contribution in [3.63, 3.8) is 0 Å². The van der Waals surface area contributed by atoms with Gasteiger partial charge in [-0.1, -0.05) is 23.8 Å². The largest absolute Gasteiger partial charge is 0.356 e. The monoisotopic (exact) mass is 292 g/mol. The normalized spacial score (nSPS) is 15.4. The molecule has 0 saturated carbocycles. The molecule has 0 bridgehead atoms. The fraction of sp³-hybridized carbons (Fsp3) is 0.333. The van der Waals surface area contributed by atoms with Crippen LogP contribution in [0.3, 0.4) is 0 Å². The fourth-order valence-corrected chi connectivity index (χ4v) is 3.11. The van der Waals surface area contributed by atoms with E-state index in [2.05, 4.69) is 54.5 Å². The summed E-state index contributed by atoms with van der Waals surface area (Å²) in [7, 11) is 0. The van der Waals surface area contributed by atoms with Crippen molar-refractivity contribution in [3.8, 4) is 11.3 Å². The van der Waals surface area contributed by atoms with Crippen LogP contribution in [0, 0.1) is 6.92 Å². The van der Waals surface area contributed by atoms with Gasteiger partial charge < -0.3 is 4.90 Å². The highest BCUT2D eigenvalue weighted by Gasteiger charge is 2.13. The first-order valence-corrected chi connectivity index (χ1v) is 7.97. The molecule has 1 aromatic carbocycles. The number of rotatable bonds is 2. The first kappa shape index (κ1) is 13.3. The molecule has 1 fully saturated rings. The van der Waals surface area contributed by atoms with E-state index < -0.39 is 0 Å². The van der Waals surface area contributed by atoms with Gasteiger partial charge in [-0.15, -0.1) is 0 Å². The van der Waals surface area contributed by atoms with Crippen molar-refractivity contribution >= 4 is 11.6 Å². The molecule has 3 aromatic rings. The molecule has 2 aromatic heterocycles. The van der Waals surface area contributed by atoms with E-state index >= 15 is 0 Å². The van der Waals surface area contributed by atoms with Crippen LogP contribution in [0.15, 0.2) is 42.7 Å². The maximum Gasteiger partial charge on any atom is 0.236 e. The zero-order chi connectivity index (χ0) is 14.9. The predicted molar refractivity (Wildman–Crippen MR) is 89.2 cm³/mol. The summed E-state index contributed by atoms with van der Waals surface area (Å²) in [5, 5.41) is 0. The number of nitrogens with zero attached hydrogens (tertiary/aromatic N) is 4. The van der Waals surface area contributed by atoms with E-state index in [1.54, 1.807) is 0 Å². The van der Waals surface area contributed by atoms with Crippen LogP contribution in [0.4, 0.5) is 5.82 Å². The molecule has 4 heteroatoms. The fourth-order valence-electron chi connectivity index (χ4n) is 3.11. The molecule has 4 rings (SSSR count). The molecule has 0 unspecified atom stereocenters. The summed E-state index contributed by atoms with van der Waals surface area (Å²) in [6.07, 6.45) is 7.97. The molecule has 4 nitrogen and oxygen atoms in total. The minimum atomic E-state index is 0.777. The number of hydrogen-bond acceptors (Lipinski definition) is 3. The Labute approximate surface area is 130 Å². The third kappa shape index (κ3) is 2.45. The molecule has 1 aliphatic heterocycles. The Bertz CT molecular complexity index is 800. The number of hydrogen-bond donors (Lipinski definition) is 0. The number of aromatic nitrogens is 3. The molecule has 22 heavy (non-hydrogen) atoms. The molecule has 0 aliphatic carbocycles. The molecule has 0 amide bonds. The van der Waals surface area contributed by atoms with Crippen LogP contribution in [0.1, 0.15) is 24.8 Å². The Hall–Kier alpha value is -2.36. The first-order chi connectivity index (χ1) is 10.8. The van der Waals surface area contributed by atoms with Gasteiger partial charge in [-0.25, -0.2) is 4.98 Å². The van der Waals surface area contributed by atoms with Crippen molar-refractivity contribution in [3.05, 3.63) is 48.3 Å². The molecule has 112 valence electrons. The SMILES string of the molecule is Cc1cccc(-c2cn3ccc(N4CCCCC4)nc3n2)c1. The highest BCUT2D eigenvalue weighted by molar-refractivity contribution is 5.62. The van der Waals surface area contributed by atoms with E-state index in [1.807, 2.05) is 4.40 Å². The van der Waals surface area contributed by atoms with E-state index in [0.29, 0.717) is 0 Å². The van der Waals surface area contributed by atoms with E-state index in [1.165, 1.54) is 24.8 Å². The van der Waals surface area contributed by atoms with Gasteiger partial charge in [0.15, 0.2) is 0 Å². The summed E-state index contributed by atoms with van der Waals surface area (Å²) in [6.45, 7) is 4.31. The summed E-state index contributed by atoms with van der Waals surface area (Å²) in [5.74, 6) is 1.83. The van der Waals surface area contributed by atoms with Crippen LogP contribution in [-0.4, -0.2) is 27.5 Å². The van der Waals surface area contributed by atoms with Crippen LogP contribution >= 0.6 is 0 Å². The minimum absolute atomic E-state index is 0.777. The summed E-state index contributed by atoms with van der Waals surface area (Å²) >= 11 is 0. The average Bonchev–Trinajstić information content (AvgIpc) is 2.99. The number of piperidine rings is 1. The Balaban J connectivity index is 1.71. The van der Waals surface area contributed by atoms with Crippen molar-refractivity contribution in [2.75, 3.05) is 18.0 Å². The molecule has 0 radical (unpaired) electrons. The van der Waals surface area contributed by atoms with Gasteiger partial charge in [-0.05, 0) is 38.3 Å². The van der Waals surface area contributed by atoms with E-state index in [4.69, 9.17) is 9.97 Å². The second-order valence-electron chi connectivity index (χ2n) is 6.04. The van der Waals surface area contributed by atoms with Crippen LogP contribution in [0.25, 0.3) is 17.0 Å². The van der Waals surface area contributed by atoms with Gasteiger partial charge in [0.1, 0.15) is 5.82 Å². The summed E-state index contributed by atoms with van der Waals surface area (Å²) in [4.78, 5) is 11.8. The van der Waals surface area contributed by atoms with Crippen LogP contribution in [0.5, 0.6) is 0 Å². The zero-order valence-electron chi connectivity index (χ0n) is 12.9. The third-order valence-corrected chi connectivity index (χ3v) is 4.31. The third-order valence-electron chi connectivity index (χ3n) is 4.31. The quantitative estimate of drug-likeness (QED) is 0.722. The molecule has 1 saturated heterocycles. The van der Waals surface area contributed by atoms with Crippen LogP contribution < -0.4 is 4.90 Å². The Morgan fingerprint density at radius 1 is 1.00 bits per heavy atom. The molecular weight excluding hydrogens is 272 g/mol. The van der Waals surface area contributed by atoms with Gasteiger partial charge in [-0.2, -0.15) is 4.98 Å². The van der Waals surface area contributed by atoms with Crippen molar-refractivity contribution in [1.82, 2.24) is 14.4 Å². The van der Waals surface area contributed by atoms with E-state index in [9.17, 15) is 0 Å². The van der Waals surface area contributed by atoms with E-state index in [0.717, 1.165) is 35.9 Å². The maximum absolute atomic E-state index is 4.75. The summed E-state index contributed by atoms with van der Waals surface area (Å²) in [6, 6.07) is 10.5. The highest BCUT2D eigenvalue weighted by Crippen LogP contribution is 2.22. The zero-order valence-corrected chi connectivity index (χ0v) is 12.9. The predicted octanol–water partition coefficient (Wildman–Crippen LogP) is 3.70. The van der Waals surface area contributed by atoms with Gasteiger partial charge in [0, 0.05) is 31.0 Å². The molecule has 1 aliphatic rings. The van der Waals surface area contributed by atoms with Crippen LogP contribution in [0.2, 0.25) is 0 Å². The average molecular weight is 292 g/mol. The maximum atomic E-state index is 4.75. The van der Waals surface area contributed by atoms with Crippen molar-refractivity contribution in [2.24, 2.45) is 0 Å². The topological polar surface area (TPSA) is 33.4 Å². The second kappa shape index (κ2) is 5.44. The summed E-state index contributed by atoms with van der Waals surface area (Å²) in [5.41, 5.74) is 3.37. The Morgan fingerprint density at radius 3 is 2.68 bits per heavy atom. The van der Waals surface area contributed by atoms with Crippen LogP contribution in [-0.2, 0) is 0 Å². The lowest BCUT2D eigenvalue weighted by Crippen LogP contribution is -2.30. The molecular formula is C18H20N4. The molecule has 3 heterocycles. The van der Waals surface area contributed by atoms with Gasteiger partial charge in [0.2, 0.25) is 5.78 Å². The lowest BCUT2D eigenvalue weighted by Gasteiger charge is -2.27. The number of anilines is 1. The number of aryl methyl sites for hydroxylation is 1. The number of fused-ring (bicyclic) bond motifs is 1. The summed E-state index contributed by atoms with van der Waals surface area (Å²) < 4.78 is 2.01. The highest BCUT2D eigenvalue weighted by atomic mass is 15.2. The second-order valence-corrected chi connectivity index (χ2v) is 6.04. The minimum Gasteiger partial charge on any atom is -0.356 e. The molecule has 0 atom stereocenters. The standard InChI is InChI=1S/C18H20N4/c1-14-6-5-7-15(12-14)16-13-22-11-8-17(20-18(22)19-16)21-9-3-2-4-10-21/h5-8,11-13H,2-4,9-10H2,1H3. The van der Waals surface area contributed by atoms with Gasteiger partial charge in [0.25, 0.3) is 0 Å². The van der Waals surface area contributed by atoms with Gasteiger partial charge >= 0.3 is 0 Å². The number of benzene rings is 1. The lowest BCUT2D eigenvalue weighted by atomic mass is 10.1. The van der Waals surface area contributed by atoms with Crippen molar-refractivity contribution in [2.45, 2.75) is 26.2 Å². The van der Waals surface area contributed by atoms with E-state index in [-0.39, 0.29) is 0 Å². The lowest BCUT2D eigenvalue weighted by molar-refractivity contribution is 0.573. The smallest absolute Gasteiger partial charge is 0.236 e. The molecule has 0 spiro atoms. The molecule has 0 N–H and O–H groups in total. The van der Waals surface area contributed by atoms with Gasteiger partial charge in [0.05, 0.1) is 5.69 Å². The van der Waals surface area contributed by atoms with Crippen molar-refractivity contribution in [1.29, 1.82) is 0 Å². The van der Waals surface area contributed by atoms with Crippen molar-refractivity contribution < 1.29 is 0 Å². The Morgan fingerprint density at radius 2 is 1.86 bits per heavy atom. The number of imidazole rings is 1. The van der Waals surface area contributed by atoms with Gasteiger partial charge in [-0.3, -0.25) is 4.40 Å².